The van der Waals surface area contributed by atoms with Crippen molar-refractivity contribution < 1.29 is 14.0 Å². The smallest absolute Gasteiger partial charge is 0.293 e. The van der Waals surface area contributed by atoms with Gasteiger partial charge in [-0.05, 0) is 25.5 Å². The van der Waals surface area contributed by atoms with E-state index in [1.54, 1.807) is 13.1 Å². The maximum Gasteiger partial charge on any atom is 0.293 e. The number of furan rings is 1. The lowest BCUT2D eigenvalue weighted by Crippen LogP contribution is -2.13. The van der Waals surface area contributed by atoms with Gasteiger partial charge in [-0.25, -0.2) is 0 Å². The minimum absolute atomic E-state index is 0.0369. The molecule has 0 fully saturated rings. The molecule has 0 radical (unpaired) electrons. The number of nitrogens with zero attached hydrogens (tertiary/aromatic N) is 3. The lowest BCUT2D eigenvalue weighted by molar-refractivity contribution is 0.0963. The van der Waals surface area contributed by atoms with Gasteiger partial charge in [-0.15, -0.1) is 10.2 Å². The van der Waals surface area contributed by atoms with Crippen LogP contribution in [0.15, 0.2) is 28.8 Å². The number of carbonyl (C=O) groups excluding carboxylic acids is 2. The van der Waals surface area contributed by atoms with Crippen molar-refractivity contribution in [3.05, 3.63) is 47.0 Å². The van der Waals surface area contributed by atoms with Gasteiger partial charge in [0, 0.05) is 24.6 Å². The molecule has 0 saturated carbocycles. The van der Waals surface area contributed by atoms with Gasteiger partial charge in [0.05, 0.1) is 5.56 Å². The number of hydrogen-bond donors (Lipinski definition) is 1. The van der Waals surface area contributed by atoms with Crippen LogP contribution in [0.3, 0.4) is 0 Å². The predicted octanol–water partition coefficient (Wildman–Crippen LogP) is 3.27. The quantitative estimate of drug-likeness (QED) is 0.775. The molecule has 25 heavy (non-hydrogen) atoms. The first kappa shape index (κ1) is 15.6. The number of aromatic nitrogens is 3. The van der Waals surface area contributed by atoms with Crippen molar-refractivity contribution in [1.29, 1.82) is 0 Å². The molecule has 0 spiro atoms. The normalized spacial score (nSPS) is 13.6. The first-order valence-electron chi connectivity index (χ1n) is 7.85. The SMILES string of the molecule is Cc1c(C(=O)Nc2nnc(-c3ccccn3)s2)oc2c1C(=O)CCC2. The van der Waals surface area contributed by atoms with Crippen LogP contribution in [-0.2, 0) is 6.42 Å². The Balaban J connectivity index is 1.57. The summed E-state index contributed by atoms with van der Waals surface area (Å²) in [6, 6.07) is 5.49. The second-order valence-electron chi connectivity index (χ2n) is 5.71. The van der Waals surface area contributed by atoms with Gasteiger partial charge < -0.3 is 4.42 Å². The van der Waals surface area contributed by atoms with Crippen LogP contribution in [0.5, 0.6) is 0 Å². The molecular weight excluding hydrogens is 340 g/mol. The Morgan fingerprint density at radius 2 is 2.16 bits per heavy atom. The minimum atomic E-state index is -0.427. The number of Topliss-reactive ketones (excluding diaryl/α,β-unsaturated/α-hetero) is 1. The Hall–Kier alpha value is -2.87. The van der Waals surface area contributed by atoms with Crippen molar-refractivity contribution in [3.63, 3.8) is 0 Å². The lowest BCUT2D eigenvalue weighted by atomic mass is 9.94. The van der Waals surface area contributed by atoms with E-state index in [-0.39, 0.29) is 11.5 Å². The van der Waals surface area contributed by atoms with Crippen molar-refractivity contribution in [1.82, 2.24) is 15.2 Å². The third-order valence-electron chi connectivity index (χ3n) is 4.04. The average Bonchev–Trinajstić information content (AvgIpc) is 3.21. The summed E-state index contributed by atoms with van der Waals surface area (Å²) >= 11 is 1.22. The predicted molar refractivity (Wildman–Crippen MR) is 91.8 cm³/mol. The molecule has 8 heteroatoms. The van der Waals surface area contributed by atoms with Crippen LogP contribution < -0.4 is 5.32 Å². The first-order chi connectivity index (χ1) is 12.1. The van der Waals surface area contributed by atoms with Crippen LogP contribution in [0.2, 0.25) is 0 Å². The summed E-state index contributed by atoms with van der Waals surface area (Å²) < 4.78 is 5.64. The number of carbonyl (C=O) groups is 2. The molecule has 1 aliphatic carbocycles. The van der Waals surface area contributed by atoms with Crippen molar-refractivity contribution in [2.24, 2.45) is 0 Å². The topological polar surface area (TPSA) is 98.0 Å². The molecule has 4 rings (SSSR count). The molecule has 0 aliphatic heterocycles. The van der Waals surface area contributed by atoms with Crippen molar-refractivity contribution in [2.75, 3.05) is 5.32 Å². The summed E-state index contributed by atoms with van der Waals surface area (Å²) in [6.07, 6.45) is 3.60. The van der Waals surface area contributed by atoms with E-state index >= 15 is 0 Å². The maximum atomic E-state index is 12.5. The van der Waals surface area contributed by atoms with E-state index in [9.17, 15) is 9.59 Å². The number of hydrogen-bond acceptors (Lipinski definition) is 7. The van der Waals surface area contributed by atoms with Crippen molar-refractivity contribution >= 4 is 28.2 Å². The Morgan fingerprint density at radius 1 is 1.28 bits per heavy atom. The Kier molecular flexibility index (Phi) is 3.89. The number of fused-ring (bicyclic) bond motifs is 1. The summed E-state index contributed by atoms with van der Waals surface area (Å²) in [5, 5.41) is 11.7. The number of amides is 1. The molecule has 0 aromatic carbocycles. The van der Waals surface area contributed by atoms with Crippen molar-refractivity contribution in [2.45, 2.75) is 26.2 Å². The molecule has 3 aromatic rings. The summed E-state index contributed by atoms with van der Waals surface area (Å²) in [4.78, 5) is 28.8. The maximum absolute atomic E-state index is 12.5. The monoisotopic (exact) mass is 354 g/mol. The van der Waals surface area contributed by atoms with E-state index in [2.05, 4.69) is 20.5 Å². The van der Waals surface area contributed by atoms with E-state index in [1.165, 1.54) is 11.3 Å². The van der Waals surface area contributed by atoms with Crippen LogP contribution in [0, 0.1) is 6.92 Å². The highest BCUT2D eigenvalue weighted by Crippen LogP contribution is 2.30. The fourth-order valence-corrected chi connectivity index (χ4v) is 3.60. The largest absolute Gasteiger partial charge is 0.455 e. The number of aryl methyl sites for hydroxylation is 1. The molecule has 0 saturated heterocycles. The molecule has 126 valence electrons. The van der Waals surface area contributed by atoms with Gasteiger partial charge in [-0.2, -0.15) is 0 Å². The fraction of sp³-hybridized carbons (Fsp3) is 0.235. The van der Waals surface area contributed by atoms with E-state index in [0.29, 0.717) is 45.6 Å². The van der Waals surface area contributed by atoms with Gasteiger partial charge in [0.25, 0.3) is 5.91 Å². The third kappa shape index (κ3) is 2.85. The van der Waals surface area contributed by atoms with Crippen LogP contribution in [0.1, 0.15) is 45.1 Å². The Bertz CT molecular complexity index is 962. The standard InChI is InChI=1S/C17H14N4O3S/c1-9-13-11(22)6-4-7-12(13)24-14(9)15(23)19-17-21-20-16(25-17)10-5-2-3-8-18-10/h2-3,5,8H,4,6-7H2,1H3,(H,19,21,23). The summed E-state index contributed by atoms with van der Waals surface area (Å²) in [5.74, 6) is 0.374. The fourth-order valence-electron chi connectivity index (χ4n) is 2.89. The highest BCUT2D eigenvalue weighted by atomic mass is 32.1. The van der Waals surface area contributed by atoms with Gasteiger partial charge in [-0.3, -0.25) is 19.9 Å². The highest BCUT2D eigenvalue weighted by Gasteiger charge is 2.29. The number of rotatable bonds is 3. The van der Waals surface area contributed by atoms with Gasteiger partial charge in [0.15, 0.2) is 16.6 Å². The van der Waals surface area contributed by atoms with Gasteiger partial charge >= 0.3 is 0 Å². The molecule has 0 bridgehead atoms. The van der Waals surface area contributed by atoms with Gasteiger partial charge in [0.2, 0.25) is 5.13 Å². The number of ketones is 1. The Labute approximate surface area is 147 Å². The zero-order chi connectivity index (χ0) is 17.4. The molecular formula is C17H14N4O3S. The lowest BCUT2D eigenvalue weighted by Gasteiger charge is -2.07. The second-order valence-corrected chi connectivity index (χ2v) is 6.69. The van der Waals surface area contributed by atoms with Crippen LogP contribution in [0.25, 0.3) is 10.7 Å². The number of pyridine rings is 1. The van der Waals surface area contributed by atoms with E-state index < -0.39 is 5.91 Å². The Morgan fingerprint density at radius 3 is 2.92 bits per heavy atom. The van der Waals surface area contributed by atoms with E-state index in [0.717, 1.165) is 6.42 Å². The summed E-state index contributed by atoms with van der Waals surface area (Å²) in [6.45, 7) is 1.74. The zero-order valence-electron chi connectivity index (χ0n) is 13.4. The molecule has 3 aromatic heterocycles. The molecule has 3 heterocycles. The first-order valence-corrected chi connectivity index (χ1v) is 8.67. The van der Waals surface area contributed by atoms with Crippen molar-refractivity contribution in [3.8, 4) is 10.7 Å². The van der Waals surface area contributed by atoms with Gasteiger partial charge in [0.1, 0.15) is 11.5 Å². The zero-order valence-corrected chi connectivity index (χ0v) is 14.2. The van der Waals surface area contributed by atoms with Crippen LogP contribution in [0.4, 0.5) is 5.13 Å². The molecule has 0 unspecified atom stereocenters. The van der Waals surface area contributed by atoms with E-state index in [4.69, 9.17) is 4.42 Å². The summed E-state index contributed by atoms with van der Waals surface area (Å²) in [7, 11) is 0. The van der Waals surface area contributed by atoms with Crippen LogP contribution in [-0.4, -0.2) is 26.9 Å². The van der Waals surface area contributed by atoms with Gasteiger partial charge in [-0.1, -0.05) is 17.4 Å². The average molecular weight is 354 g/mol. The van der Waals surface area contributed by atoms with E-state index in [1.807, 2.05) is 18.2 Å². The highest BCUT2D eigenvalue weighted by molar-refractivity contribution is 7.18. The molecule has 1 amide bonds. The molecule has 1 N–H and O–H groups in total. The van der Waals surface area contributed by atoms with Crippen LogP contribution >= 0.6 is 11.3 Å². The number of anilines is 1. The molecule has 1 aliphatic rings. The number of nitrogens with one attached hydrogen (secondary N) is 1. The second kappa shape index (κ2) is 6.21. The minimum Gasteiger partial charge on any atom is -0.455 e. The summed E-state index contributed by atoms with van der Waals surface area (Å²) in [5.41, 5.74) is 1.84. The molecule has 7 nitrogen and oxygen atoms in total. The molecule has 0 atom stereocenters. The third-order valence-corrected chi connectivity index (χ3v) is 4.90.